The summed E-state index contributed by atoms with van der Waals surface area (Å²) >= 11 is 0. The summed E-state index contributed by atoms with van der Waals surface area (Å²) in [6, 6.07) is 15.1. The van der Waals surface area contributed by atoms with Crippen molar-refractivity contribution in [3.63, 3.8) is 0 Å². The summed E-state index contributed by atoms with van der Waals surface area (Å²) in [6.07, 6.45) is 4.10. The third-order valence-electron chi connectivity index (χ3n) is 6.11. The number of anilines is 1. The summed E-state index contributed by atoms with van der Waals surface area (Å²) in [5, 5.41) is 3.33. The van der Waals surface area contributed by atoms with Crippen molar-refractivity contribution in [3.8, 4) is 5.75 Å². The first-order chi connectivity index (χ1) is 15.6. The first-order valence-electron chi connectivity index (χ1n) is 11.8. The molecule has 3 N–H and O–H groups in total. The zero-order valence-corrected chi connectivity index (χ0v) is 22.5. The quantitative estimate of drug-likeness (QED) is 0.245. The second-order valence-electron chi connectivity index (χ2n) is 8.30. The van der Waals surface area contributed by atoms with Crippen LogP contribution in [0.2, 0.25) is 0 Å². The first-order valence-corrected chi connectivity index (χ1v) is 11.8. The van der Waals surface area contributed by atoms with E-state index in [2.05, 4.69) is 60.4 Å². The Kier molecular flexibility index (Phi) is 12.0. The van der Waals surface area contributed by atoms with Crippen LogP contribution in [-0.2, 0) is 24.1 Å². The lowest BCUT2D eigenvalue weighted by molar-refractivity contribution is 0.0392. The van der Waals surface area contributed by atoms with Crippen molar-refractivity contribution in [2.24, 2.45) is 10.7 Å². The highest BCUT2D eigenvalue weighted by Crippen LogP contribution is 2.22. The van der Waals surface area contributed by atoms with Gasteiger partial charge in [0.2, 0.25) is 0 Å². The van der Waals surface area contributed by atoms with Crippen molar-refractivity contribution >= 4 is 35.6 Å². The fraction of sp³-hybridized carbons (Fsp3) is 0.500. The molecule has 1 aliphatic rings. The number of aliphatic imine (C=N–C) groups is 1. The number of hydrogen-bond acceptors (Lipinski definition) is 4. The van der Waals surface area contributed by atoms with Gasteiger partial charge < -0.3 is 20.5 Å². The van der Waals surface area contributed by atoms with Gasteiger partial charge in [0.15, 0.2) is 5.96 Å². The SMILES string of the molecule is CCc1cccc(CC)c1NC(N)=NCc1cccc(OCCN(C)C2CCOCC2)c1.I. The van der Waals surface area contributed by atoms with Crippen molar-refractivity contribution in [2.75, 3.05) is 38.7 Å². The number of ether oxygens (including phenoxy) is 2. The number of benzene rings is 2. The van der Waals surface area contributed by atoms with Crippen LogP contribution in [0.5, 0.6) is 5.75 Å². The summed E-state index contributed by atoms with van der Waals surface area (Å²) < 4.78 is 11.5. The fourth-order valence-electron chi connectivity index (χ4n) is 4.10. The third-order valence-corrected chi connectivity index (χ3v) is 6.11. The molecular weight excluding hydrogens is 527 g/mol. The van der Waals surface area contributed by atoms with Gasteiger partial charge in [-0.15, -0.1) is 24.0 Å². The molecule has 1 aliphatic heterocycles. The van der Waals surface area contributed by atoms with Crippen LogP contribution >= 0.6 is 24.0 Å². The molecule has 6 nitrogen and oxygen atoms in total. The van der Waals surface area contributed by atoms with Gasteiger partial charge in [0.25, 0.3) is 0 Å². The van der Waals surface area contributed by atoms with E-state index in [0.29, 0.717) is 25.2 Å². The van der Waals surface area contributed by atoms with Gasteiger partial charge in [-0.3, -0.25) is 4.90 Å². The number of aryl methyl sites for hydroxylation is 2. The van der Waals surface area contributed by atoms with Crippen LogP contribution < -0.4 is 15.8 Å². The highest BCUT2D eigenvalue weighted by atomic mass is 127. The average Bonchev–Trinajstić information content (AvgIpc) is 2.83. The number of nitrogens with two attached hydrogens (primary N) is 1. The van der Waals surface area contributed by atoms with Crippen molar-refractivity contribution in [1.82, 2.24) is 4.90 Å². The zero-order chi connectivity index (χ0) is 22.8. The summed E-state index contributed by atoms with van der Waals surface area (Å²) in [4.78, 5) is 6.94. The Hall–Kier alpha value is -1.84. The number of guanidine groups is 1. The molecule has 3 rings (SSSR count). The van der Waals surface area contributed by atoms with Crippen LogP contribution in [0.4, 0.5) is 5.69 Å². The summed E-state index contributed by atoms with van der Waals surface area (Å²) in [7, 11) is 2.17. The Balaban J connectivity index is 0.00000385. The number of nitrogens with one attached hydrogen (secondary N) is 1. The van der Waals surface area contributed by atoms with Gasteiger partial charge in [-0.25, -0.2) is 4.99 Å². The molecule has 0 aromatic heterocycles. The third kappa shape index (κ3) is 8.46. The highest BCUT2D eigenvalue weighted by Gasteiger charge is 2.18. The molecule has 1 fully saturated rings. The molecule has 1 heterocycles. The van der Waals surface area contributed by atoms with Gasteiger partial charge in [0.1, 0.15) is 12.4 Å². The van der Waals surface area contributed by atoms with Gasteiger partial charge >= 0.3 is 0 Å². The molecule has 182 valence electrons. The minimum atomic E-state index is 0. The predicted octanol–water partition coefficient (Wildman–Crippen LogP) is 4.85. The van der Waals surface area contributed by atoms with Crippen molar-refractivity contribution < 1.29 is 9.47 Å². The number of para-hydroxylation sites is 1. The number of rotatable bonds is 10. The van der Waals surface area contributed by atoms with Crippen LogP contribution in [0, 0.1) is 0 Å². The maximum Gasteiger partial charge on any atom is 0.193 e. The molecule has 2 aromatic carbocycles. The fourth-order valence-corrected chi connectivity index (χ4v) is 4.10. The maximum atomic E-state index is 6.22. The standard InChI is InChI=1S/C26H38N4O2.HI/c1-4-21-9-7-10-22(5-2)25(21)29-26(27)28-19-20-8-6-11-24(18-20)32-17-14-30(3)23-12-15-31-16-13-23;/h6-11,18,23H,4-5,12-17,19H2,1-3H3,(H3,27,28,29);1H. The molecular formula is C26H39IN4O2. The number of halogens is 1. The van der Waals surface area contributed by atoms with Crippen LogP contribution in [0.1, 0.15) is 43.4 Å². The second kappa shape index (κ2) is 14.4. The monoisotopic (exact) mass is 566 g/mol. The molecule has 0 aliphatic carbocycles. The van der Waals surface area contributed by atoms with E-state index in [1.807, 2.05) is 18.2 Å². The van der Waals surface area contributed by atoms with Gasteiger partial charge in [0, 0.05) is 31.5 Å². The Morgan fingerprint density at radius 2 is 1.79 bits per heavy atom. The van der Waals surface area contributed by atoms with Crippen LogP contribution in [0.25, 0.3) is 0 Å². The molecule has 0 bridgehead atoms. The summed E-state index contributed by atoms with van der Waals surface area (Å²) in [6.45, 7) is 8.10. The molecule has 0 unspecified atom stereocenters. The normalized spacial score (nSPS) is 14.7. The van der Waals surface area contributed by atoms with E-state index in [4.69, 9.17) is 15.2 Å². The maximum absolute atomic E-state index is 6.22. The lowest BCUT2D eigenvalue weighted by Gasteiger charge is -2.31. The molecule has 0 saturated carbocycles. The number of hydrogen-bond donors (Lipinski definition) is 2. The van der Waals surface area contributed by atoms with Gasteiger partial charge in [-0.05, 0) is 61.6 Å². The predicted molar refractivity (Wildman–Crippen MR) is 148 cm³/mol. The Morgan fingerprint density at radius 3 is 2.45 bits per heavy atom. The van der Waals surface area contributed by atoms with Crippen molar-refractivity contribution in [2.45, 2.75) is 52.1 Å². The van der Waals surface area contributed by atoms with E-state index in [1.54, 1.807) is 0 Å². The minimum absolute atomic E-state index is 0. The van der Waals surface area contributed by atoms with Crippen LogP contribution in [0.3, 0.4) is 0 Å². The lowest BCUT2D eigenvalue weighted by atomic mass is 10.0. The molecule has 1 saturated heterocycles. The average molecular weight is 567 g/mol. The van der Waals surface area contributed by atoms with E-state index in [-0.39, 0.29) is 24.0 Å². The molecule has 0 atom stereocenters. The minimum Gasteiger partial charge on any atom is -0.492 e. The lowest BCUT2D eigenvalue weighted by Crippen LogP contribution is -2.38. The van der Waals surface area contributed by atoms with E-state index in [0.717, 1.165) is 62.4 Å². The van der Waals surface area contributed by atoms with Gasteiger partial charge in [-0.2, -0.15) is 0 Å². The van der Waals surface area contributed by atoms with Crippen LogP contribution in [0.15, 0.2) is 47.5 Å². The van der Waals surface area contributed by atoms with Gasteiger partial charge in [0.05, 0.1) is 6.54 Å². The second-order valence-corrected chi connectivity index (χ2v) is 8.30. The number of nitrogens with zero attached hydrogens (tertiary/aromatic N) is 2. The zero-order valence-electron chi connectivity index (χ0n) is 20.2. The smallest absolute Gasteiger partial charge is 0.193 e. The molecule has 0 amide bonds. The molecule has 33 heavy (non-hydrogen) atoms. The first kappa shape index (κ1) is 27.4. The highest BCUT2D eigenvalue weighted by molar-refractivity contribution is 14.0. The summed E-state index contributed by atoms with van der Waals surface area (Å²) in [5.41, 5.74) is 10.9. The Morgan fingerprint density at radius 1 is 1.12 bits per heavy atom. The largest absolute Gasteiger partial charge is 0.492 e. The van der Waals surface area contributed by atoms with E-state index in [9.17, 15) is 0 Å². The molecule has 7 heteroatoms. The molecule has 2 aromatic rings. The topological polar surface area (TPSA) is 72.1 Å². The Labute approximate surface area is 216 Å². The van der Waals surface area contributed by atoms with E-state index < -0.39 is 0 Å². The van der Waals surface area contributed by atoms with Crippen molar-refractivity contribution in [1.29, 1.82) is 0 Å². The summed E-state index contributed by atoms with van der Waals surface area (Å²) in [5.74, 6) is 1.30. The van der Waals surface area contributed by atoms with Crippen LogP contribution in [-0.4, -0.2) is 50.3 Å². The van der Waals surface area contributed by atoms with E-state index >= 15 is 0 Å². The van der Waals surface area contributed by atoms with E-state index in [1.165, 1.54) is 11.1 Å². The molecule has 0 radical (unpaired) electrons. The van der Waals surface area contributed by atoms with Crippen molar-refractivity contribution in [3.05, 3.63) is 59.2 Å². The van der Waals surface area contributed by atoms with Gasteiger partial charge in [-0.1, -0.05) is 44.2 Å². The molecule has 0 spiro atoms. The number of likely N-dealkylation sites (N-methyl/N-ethyl adjacent to an activating group) is 1. The Bertz CT molecular complexity index is 862.